The number of carbonyl (C=O) groups excluding carboxylic acids is 1. The molecule has 3 N–H and O–H groups in total. The van der Waals surface area contributed by atoms with Crippen LogP contribution in [0.2, 0.25) is 0 Å². The zero-order valence-corrected chi connectivity index (χ0v) is 14.0. The summed E-state index contributed by atoms with van der Waals surface area (Å²) < 4.78 is 16.1. The second-order valence-corrected chi connectivity index (χ2v) is 5.88. The smallest absolute Gasteiger partial charge is 0.315 e. The number of urea groups is 1. The van der Waals surface area contributed by atoms with E-state index >= 15 is 0 Å². The molecule has 0 bridgehead atoms. The van der Waals surface area contributed by atoms with Crippen LogP contribution in [-0.2, 0) is 12.1 Å². The van der Waals surface area contributed by atoms with Gasteiger partial charge in [0.2, 0.25) is 0 Å². The molecule has 0 spiro atoms. The van der Waals surface area contributed by atoms with E-state index in [0.717, 1.165) is 5.39 Å². The Morgan fingerprint density at radius 3 is 2.84 bits per heavy atom. The van der Waals surface area contributed by atoms with Crippen molar-refractivity contribution in [3.63, 3.8) is 0 Å². The van der Waals surface area contributed by atoms with Crippen molar-refractivity contribution in [3.05, 3.63) is 54.2 Å². The number of hydrogen-bond acceptors (Lipinski definition) is 5. The van der Waals surface area contributed by atoms with E-state index in [4.69, 9.17) is 13.6 Å². The molecule has 2 amide bonds. The summed E-state index contributed by atoms with van der Waals surface area (Å²) in [6.45, 7) is 1.80. The highest BCUT2D eigenvalue weighted by molar-refractivity contribution is 5.83. The van der Waals surface area contributed by atoms with Crippen LogP contribution in [0.1, 0.15) is 18.4 Å². The van der Waals surface area contributed by atoms with E-state index in [-0.39, 0.29) is 13.1 Å². The van der Waals surface area contributed by atoms with Crippen LogP contribution in [0.15, 0.2) is 51.5 Å². The van der Waals surface area contributed by atoms with Gasteiger partial charge in [0.25, 0.3) is 0 Å². The maximum Gasteiger partial charge on any atom is 0.315 e. The van der Waals surface area contributed by atoms with E-state index in [1.165, 1.54) is 6.26 Å². The number of hydrogen-bond donors (Lipinski definition) is 3. The molecule has 1 atom stereocenters. The van der Waals surface area contributed by atoms with Crippen molar-refractivity contribution in [2.75, 3.05) is 13.7 Å². The normalized spacial score (nSPS) is 13.4. The average Bonchev–Trinajstić information content (AvgIpc) is 3.27. The fraction of sp³-hybridized carbons (Fsp3) is 0.278. The van der Waals surface area contributed by atoms with E-state index in [0.29, 0.717) is 22.9 Å². The number of para-hydroxylation sites is 1. The third kappa shape index (κ3) is 3.77. The topological polar surface area (TPSA) is 96.9 Å². The Kier molecular flexibility index (Phi) is 4.67. The van der Waals surface area contributed by atoms with Gasteiger partial charge in [-0.1, -0.05) is 12.1 Å². The minimum Gasteiger partial charge on any atom is -0.493 e. The van der Waals surface area contributed by atoms with Gasteiger partial charge in [0.1, 0.15) is 17.1 Å². The molecule has 0 saturated heterocycles. The maximum absolute atomic E-state index is 11.9. The van der Waals surface area contributed by atoms with Crippen molar-refractivity contribution in [1.29, 1.82) is 0 Å². The molecule has 0 aliphatic carbocycles. The quantitative estimate of drug-likeness (QED) is 0.639. The van der Waals surface area contributed by atoms with Crippen LogP contribution < -0.4 is 15.4 Å². The Morgan fingerprint density at radius 1 is 1.28 bits per heavy atom. The standard InChI is InChI=1S/C18H20N2O5/c1-18(22,15-7-4-8-24-15)11-20-17(21)19-10-13-9-12-5-3-6-14(23-2)16(12)25-13/h3-9,22H,10-11H2,1-2H3,(H2,19,20,21)/t18-/m0/s1. The molecule has 3 rings (SSSR count). The van der Waals surface area contributed by atoms with Crippen LogP contribution in [0.5, 0.6) is 5.75 Å². The molecule has 0 saturated carbocycles. The van der Waals surface area contributed by atoms with Gasteiger partial charge in [-0.25, -0.2) is 4.79 Å². The van der Waals surface area contributed by atoms with Crippen LogP contribution in [0, 0.1) is 0 Å². The van der Waals surface area contributed by atoms with Crippen LogP contribution in [0.3, 0.4) is 0 Å². The molecule has 0 aliphatic rings. The zero-order chi connectivity index (χ0) is 17.9. The Balaban J connectivity index is 1.56. The molecule has 2 heterocycles. The first-order valence-corrected chi connectivity index (χ1v) is 7.83. The van der Waals surface area contributed by atoms with Crippen molar-refractivity contribution in [1.82, 2.24) is 10.6 Å². The summed E-state index contributed by atoms with van der Waals surface area (Å²) in [7, 11) is 1.58. The number of benzene rings is 1. The molecule has 0 fully saturated rings. The number of ether oxygens (including phenoxy) is 1. The molecule has 132 valence electrons. The lowest BCUT2D eigenvalue weighted by Gasteiger charge is -2.21. The van der Waals surface area contributed by atoms with Crippen molar-refractivity contribution in [2.45, 2.75) is 19.1 Å². The minimum absolute atomic E-state index is 0.0142. The highest BCUT2D eigenvalue weighted by Gasteiger charge is 2.26. The first-order valence-electron chi connectivity index (χ1n) is 7.83. The maximum atomic E-state index is 11.9. The summed E-state index contributed by atoms with van der Waals surface area (Å²) in [5, 5.41) is 16.5. The van der Waals surface area contributed by atoms with Crippen molar-refractivity contribution < 1.29 is 23.5 Å². The van der Waals surface area contributed by atoms with Crippen LogP contribution in [0.4, 0.5) is 4.79 Å². The molecule has 7 heteroatoms. The first kappa shape index (κ1) is 16.9. The molecular formula is C18H20N2O5. The Labute approximate surface area is 144 Å². The molecule has 3 aromatic rings. The van der Waals surface area contributed by atoms with Gasteiger partial charge in [-0.15, -0.1) is 0 Å². The highest BCUT2D eigenvalue weighted by atomic mass is 16.5. The van der Waals surface area contributed by atoms with Crippen LogP contribution in [-0.4, -0.2) is 24.8 Å². The summed E-state index contributed by atoms with van der Waals surface area (Å²) in [4.78, 5) is 11.9. The van der Waals surface area contributed by atoms with Gasteiger partial charge >= 0.3 is 6.03 Å². The number of nitrogens with one attached hydrogen (secondary N) is 2. The molecule has 0 unspecified atom stereocenters. The number of aliphatic hydroxyl groups is 1. The van der Waals surface area contributed by atoms with Gasteiger partial charge in [-0.3, -0.25) is 0 Å². The number of rotatable bonds is 6. The van der Waals surface area contributed by atoms with Crippen molar-refractivity contribution in [2.24, 2.45) is 0 Å². The zero-order valence-electron chi connectivity index (χ0n) is 14.0. The van der Waals surface area contributed by atoms with E-state index in [2.05, 4.69) is 10.6 Å². The molecular weight excluding hydrogens is 324 g/mol. The van der Waals surface area contributed by atoms with Gasteiger partial charge in [0.15, 0.2) is 11.3 Å². The summed E-state index contributed by atoms with van der Waals surface area (Å²) in [6.07, 6.45) is 1.47. The third-order valence-corrected chi connectivity index (χ3v) is 3.85. The number of amides is 2. The fourth-order valence-electron chi connectivity index (χ4n) is 2.49. The van der Waals surface area contributed by atoms with Gasteiger partial charge in [-0.2, -0.15) is 0 Å². The largest absolute Gasteiger partial charge is 0.493 e. The minimum atomic E-state index is -1.28. The first-order chi connectivity index (χ1) is 12.0. The van der Waals surface area contributed by atoms with Gasteiger partial charge in [0.05, 0.1) is 26.5 Å². The summed E-state index contributed by atoms with van der Waals surface area (Å²) >= 11 is 0. The average molecular weight is 344 g/mol. The van der Waals surface area contributed by atoms with E-state index in [1.807, 2.05) is 24.3 Å². The van der Waals surface area contributed by atoms with Crippen LogP contribution in [0.25, 0.3) is 11.0 Å². The number of furan rings is 2. The molecule has 1 aromatic carbocycles. The molecule has 0 aliphatic heterocycles. The van der Waals surface area contributed by atoms with E-state index in [1.54, 1.807) is 26.2 Å². The highest BCUT2D eigenvalue weighted by Crippen LogP contribution is 2.28. The summed E-state index contributed by atoms with van der Waals surface area (Å²) in [5.41, 5.74) is -0.643. The van der Waals surface area contributed by atoms with Crippen LogP contribution >= 0.6 is 0 Å². The van der Waals surface area contributed by atoms with Gasteiger partial charge in [0, 0.05) is 5.39 Å². The Hall–Kier alpha value is -2.93. The van der Waals surface area contributed by atoms with E-state index in [9.17, 15) is 9.90 Å². The lowest BCUT2D eigenvalue weighted by Crippen LogP contribution is -2.43. The predicted octanol–water partition coefficient (Wildman–Crippen LogP) is 2.74. The molecule has 0 radical (unpaired) electrons. The van der Waals surface area contributed by atoms with Gasteiger partial charge < -0.3 is 29.3 Å². The predicted molar refractivity (Wildman–Crippen MR) is 91.3 cm³/mol. The molecule has 25 heavy (non-hydrogen) atoms. The Bertz CT molecular complexity index is 852. The monoisotopic (exact) mass is 344 g/mol. The molecule has 7 nitrogen and oxygen atoms in total. The SMILES string of the molecule is COc1cccc2cc(CNC(=O)NC[C@](C)(O)c3ccco3)oc12. The lowest BCUT2D eigenvalue weighted by atomic mass is 10.0. The van der Waals surface area contributed by atoms with Gasteiger partial charge in [-0.05, 0) is 31.2 Å². The molecule has 2 aromatic heterocycles. The fourth-order valence-corrected chi connectivity index (χ4v) is 2.49. The number of carbonyl (C=O) groups is 1. The Morgan fingerprint density at radius 2 is 2.12 bits per heavy atom. The van der Waals surface area contributed by atoms with E-state index < -0.39 is 11.6 Å². The number of methoxy groups -OCH3 is 1. The summed E-state index contributed by atoms with van der Waals surface area (Å²) in [5.74, 6) is 1.63. The van der Waals surface area contributed by atoms with Crippen molar-refractivity contribution >= 4 is 17.0 Å². The third-order valence-electron chi connectivity index (χ3n) is 3.85. The second-order valence-electron chi connectivity index (χ2n) is 5.88. The lowest BCUT2D eigenvalue weighted by molar-refractivity contribution is 0.0367. The van der Waals surface area contributed by atoms with Crippen molar-refractivity contribution in [3.8, 4) is 5.75 Å². The number of fused-ring (bicyclic) bond motifs is 1. The summed E-state index contributed by atoms with van der Waals surface area (Å²) in [6, 6.07) is 10.4. The second kappa shape index (κ2) is 6.90.